The number of aromatic carboxylic acids is 1. The molecule has 2 aromatic heterocycles. The number of hydrogen-bond donors (Lipinski definition) is 1. The molecular formula is C35H38N4O5. The number of Topliss-reactive ketones (excluding diaryl/α,β-unsaturated/α-hetero) is 1. The Morgan fingerprint density at radius 1 is 0.977 bits per heavy atom. The number of imidazole rings is 1. The van der Waals surface area contributed by atoms with Crippen molar-refractivity contribution >= 4 is 22.8 Å². The molecule has 3 fully saturated rings. The van der Waals surface area contributed by atoms with Gasteiger partial charge in [0.2, 0.25) is 5.88 Å². The van der Waals surface area contributed by atoms with Gasteiger partial charge in [-0.1, -0.05) is 18.2 Å². The van der Waals surface area contributed by atoms with Crippen LogP contribution in [0.25, 0.3) is 11.0 Å². The number of carbonyl (C=O) groups is 2. The first-order chi connectivity index (χ1) is 21.4. The second-order valence-electron chi connectivity index (χ2n) is 12.4. The third kappa shape index (κ3) is 6.12. The van der Waals surface area contributed by atoms with Gasteiger partial charge >= 0.3 is 5.97 Å². The van der Waals surface area contributed by atoms with E-state index in [0.717, 1.165) is 91.0 Å². The van der Waals surface area contributed by atoms with E-state index in [4.69, 9.17) is 19.4 Å². The highest BCUT2D eigenvalue weighted by atomic mass is 16.5. The molecule has 3 aliphatic rings. The Morgan fingerprint density at radius 2 is 1.77 bits per heavy atom. The van der Waals surface area contributed by atoms with Gasteiger partial charge in [0.1, 0.15) is 12.4 Å². The first-order valence-electron chi connectivity index (χ1n) is 15.7. The van der Waals surface area contributed by atoms with Gasteiger partial charge in [0.05, 0.1) is 35.8 Å². The Morgan fingerprint density at radius 3 is 2.48 bits per heavy atom. The maximum atomic E-state index is 12.4. The van der Waals surface area contributed by atoms with Crippen molar-refractivity contribution < 1.29 is 24.2 Å². The van der Waals surface area contributed by atoms with E-state index < -0.39 is 5.97 Å². The zero-order chi connectivity index (χ0) is 30.2. The molecule has 2 aliphatic heterocycles. The van der Waals surface area contributed by atoms with Crippen molar-refractivity contribution in [3.8, 4) is 5.88 Å². The number of benzene rings is 2. The van der Waals surface area contributed by atoms with Crippen LogP contribution in [-0.4, -0.2) is 62.1 Å². The van der Waals surface area contributed by atoms with E-state index in [1.807, 2.05) is 37.3 Å². The summed E-state index contributed by atoms with van der Waals surface area (Å²) in [5.41, 5.74) is 5.93. The first kappa shape index (κ1) is 28.7. The number of nitrogens with zero attached hydrogens (tertiary/aromatic N) is 4. The van der Waals surface area contributed by atoms with Crippen LogP contribution < -0.4 is 4.74 Å². The molecule has 1 aliphatic carbocycles. The summed E-state index contributed by atoms with van der Waals surface area (Å²) < 4.78 is 14.0. The number of carbonyl (C=O) groups excluding carboxylic acids is 1. The highest BCUT2D eigenvalue weighted by Gasteiger charge is 2.30. The first-order valence-corrected chi connectivity index (χ1v) is 15.7. The molecule has 7 rings (SSSR count). The third-order valence-corrected chi connectivity index (χ3v) is 9.32. The largest absolute Gasteiger partial charge is 0.478 e. The van der Waals surface area contributed by atoms with Gasteiger partial charge in [-0.15, -0.1) is 0 Å². The molecule has 228 valence electrons. The van der Waals surface area contributed by atoms with Crippen molar-refractivity contribution in [1.29, 1.82) is 0 Å². The fourth-order valence-corrected chi connectivity index (χ4v) is 6.33. The molecule has 0 bridgehead atoms. The number of fused-ring (bicyclic) bond motifs is 1. The number of ketones is 1. The summed E-state index contributed by atoms with van der Waals surface area (Å²) in [5, 5.41) is 9.53. The monoisotopic (exact) mass is 594 g/mol. The van der Waals surface area contributed by atoms with Gasteiger partial charge in [-0.3, -0.25) is 9.69 Å². The third-order valence-electron chi connectivity index (χ3n) is 9.32. The number of aryl methyl sites for hydroxylation is 1. The summed E-state index contributed by atoms with van der Waals surface area (Å²) >= 11 is 0. The number of carboxylic acids is 1. The van der Waals surface area contributed by atoms with Crippen LogP contribution in [0.15, 0.2) is 54.6 Å². The van der Waals surface area contributed by atoms with E-state index in [0.29, 0.717) is 31.5 Å². The Labute approximate surface area is 256 Å². The molecule has 2 saturated heterocycles. The van der Waals surface area contributed by atoms with Gasteiger partial charge in [0.25, 0.3) is 0 Å². The number of piperidine rings is 1. The van der Waals surface area contributed by atoms with Gasteiger partial charge in [-0.25, -0.2) is 14.8 Å². The number of hydrogen-bond acceptors (Lipinski definition) is 7. The Balaban J connectivity index is 0.979. The van der Waals surface area contributed by atoms with Crippen LogP contribution in [0.2, 0.25) is 0 Å². The van der Waals surface area contributed by atoms with Crippen LogP contribution in [0.3, 0.4) is 0 Å². The highest BCUT2D eigenvalue weighted by molar-refractivity contribution is 5.99. The standard InChI is InChI=1S/C35H38N4O5/c1-22-17-25(34(40)24-5-6-24)7-8-27(22)21-44-33-4-2-3-29(37-33)23-11-14-38(15-12-23)20-32-36-30-10-9-26(35(41)42)18-31(30)39(32)19-28-13-16-43-28/h2-4,7-10,17-18,23-24,28H,5-6,11-16,19-21H2,1H3,(H,41,42). The summed E-state index contributed by atoms with van der Waals surface area (Å²) in [6.07, 6.45) is 5.15. The van der Waals surface area contributed by atoms with Crippen molar-refractivity contribution in [2.75, 3.05) is 19.7 Å². The number of aromatic nitrogens is 3. The average molecular weight is 595 g/mol. The SMILES string of the molecule is Cc1cc(C(=O)C2CC2)ccc1COc1cccc(C2CCN(Cc3nc4ccc(C(=O)O)cc4n3CC3CCO3)CC2)n1. The molecule has 2 aromatic carbocycles. The molecule has 1 saturated carbocycles. The van der Waals surface area contributed by atoms with Crippen LogP contribution in [-0.2, 0) is 24.4 Å². The van der Waals surface area contributed by atoms with Gasteiger partial charge in [-0.2, -0.15) is 0 Å². The van der Waals surface area contributed by atoms with E-state index in [1.54, 1.807) is 18.2 Å². The number of likely N-dealkylation sites (tertiary alicyclic amines) is 1. The maximum absolute atomic E-state index is 12.4. The van der Waals surface area contributed by atoms with Crippen LogP contribution in [0, 0.1) is 12.8 Å². The minimum atomic E-state index is -0.933. The molecule has 0 radical (unpaired) electrons. The van der Waals surface area contributed by atoms with Crippen molar-refractivity contribution in [1.82, 2.24) is 19.4 Å². The molecule has 9 nitrogen and oxygen atoms in total. The number of carboxylic acid groups (broad SMARTS) is 1. The minimum Gasteiger partial charge on any atom is -0.478 e. The molecule has 4 aromatic rings. The molecule has 0 spiro atoms. The van der Waals surface area contributed by atoms with Crippen molar-refractivity contribution in [2.24, 2.45) is 5.92 Å². The van der Waals surface area contributed by atoms with E-state index in [1.165, 1.54) is 0 Å². The summed E-state index contributed by atoms with van der Waals surface area (Å²) in [4.78, 5) is 36.2. The fraction of sp³-hybridized carbons (Fsp3) is 0.429. The zero-order valence-corrected chi connectivity index (χ0v) is 25.1. The molecule has 44 heavy (non-hydrogen) atoms. The van der Waals surface area contributed by atoms with Crippen LogP contribution in [0.4, 0.5) is 0 Å². The summed E-state index contributed by atoms with van der Waals surface area (Å²) in [6.45, 7) is 6.46. The van der Waals surface area contributed by atoms with E-state index in [-0.39, 0.29) is 23.4 Å². The molecule has 4 heterocycles. The minimum absolute atomic E-state index is 0.144. The summed E-state index contributed by atoms with van der Waals surface area (Å²) in [7, 11) is 0. The number of pyridine rings is 1. The van der Waals surface area contributed by atoms with Crippen molar-refractivity contribution in [3.05, 3.63) is 88.4 Å². The Hall–Kier alpha value is -4.08. The lowest BCUT2D eigenvalue weighted by atomic mass is 9.93. The van der Waals surface area contributed by atoms with Crippen LogP contribution >= 0.6 is 0 Å². The highest BCUT2D eigenvalue weighted by Crippen LogP contribution is 2.33. The van der Waals surface area contributed by atoms with Crippen LogP contribution in [0.1, 0.15) is 81.4 Å². The normalized spacial score (nSPS) is 19.2. The average Bonchev–Trinajstić information content (AvgIpc) is 3.81. The number of rotatable bonds is 11. The quantitative estimate of drug-likeness (QED) is 0.218. The second kappa shape index (κ2) is 12.1. The fourth-order valence-electron chi connectivity index (χ4n) is 6.33. The number of ether oxygens (including phenoxy) is 2. The van der Waals surface area contributed by atoms with Crippen molar-refractivity contribution in [3.63, 3.8) is 0 Å². The summed E-state index contributed by atoms with van der Waals surface area (Å²) in [5.74, 6) is 1.47. The lowest BCUT2D eigenvalue weighted by Gasteiger charge is -2.32. The zero-order valence-electron chi connectivity index (χ0n) is 25.1. The van der Waals surface area contributed by atoms with Gasteiger partial charge in [0.15, 0.2) is 5.78 Å². The van der Waals surface area contributed by atoms with E-state index in [9.17, 15) is 14.7 Å². The van der Waals surface area contributed by atoms with E-state index >= 15 is 0 Å². The Bertz CT molecular complexity index is 1700. The molecule has 9 heteroatoms. The topological polar surface area (TPSA) is 107 Å². The molecule has 0 amide bonds. The maximum Gasteiger partial charge on any atom is 0.335 e. The van der Waals surface area contributed by atoms with Gasteiger partial charge in [0, 0.05) is 35.8 Å². The van der Waals surface area contributed by atoms with Crippen molar-refractivity contribution in [2.45, 2.75) is 70.7 Å². The Kier molecular flexibility index (Phi) is 7.91. The smallest absolute Gasteiger partial charge is 0.335 e. The lowest BCUT2D eigenvalue weighted by molar-refractivity contribution is -0.0592. The predicted molar refractivity (Wildman–Crippen MR) is 165 cm³/mol. The second-order valence-corrected chi connectivity index (χ2v) is 12.4. The molecule has 1 unspecified atom stereocenters. The predicted octanol–water partition coefficient (Wildman–Crippen LogP) is 5.78. The van der Waals surface area contributed by atoms with Gasteiger partial charge < -0.3 is 19.1 Å². The molecular weight excluding hydrogens is 556 g/mol. The van der Waals surface area contributed by atoms with Crippen LogP contribution in [0.5, 0.6) is 5.88 Å². The molecule has 1 atom stereocenters. The summed E-state index contributed by atoms with van der Waals surface area (Å²) in [6, 6.07) is 17.1. The lowest BCUT2D eigenvalue weighted by Crippen LogP contribution is -2.35. The molecule has 1 N–H and O–H groups in total. The van der Waals surface area contributed by atoms with E-state index in [2.05, 4.69) is 15.5 Å². The van der Waals surface area contributed by atoms with Gasteiger partial charge in [-0.05, 0) is 93.6 Å².